The van der Waals surface area contributed by atoms with Crippen molar-refractivity contribution in [2.75, 3.05) is 13.1 Å². The maximum absolute atomic E-state index is 12.9. The number of benzene rings is 1. The molecule has 1 fully saturated rings. The van der Waals surface area contributed by atoms with Gasteiger partial charge in [0.15, 0.2) is 0 Å². The van der Waals surface area contributed by atoms with Gasteiger partial charge in [-0.2, -0.15) is 0 Å². The third-order valence-electron chi connectivity index (χ3n) is 4.58. The first kappa shape index (κ1) is 16.4. The maximum Gasteiger partial charge on any atom is 0.263 e. The molecule has 0 heterocycles. The van der Waals surface area contributed by atoms with Crippen LogP contribution in [0.3, 0.4) is 0 Å². The lowest BCUT2D eigenvalue weighted by Gasteiger charge is -2.39. The quantitative estimate of drug-likeness (QED) is 0.849. The van der Waals surface area contributed by atoms with E-state index in [4.69, 9.17) is 5.73 Å². The molecule has 0 bridgehead atoms. The first-order valence-electron chi connectivity index (χ1n) is 8.01. The van der Waals surface area contributed by atoms with E-state index in [1.807, 2.05) is 6.07 Å². The summed E-state index contributed by atoms with van der Waals surface area (Å²) in [7, 11) is 0. The highest BCUT2D eigenvalue weighted by Gasteiger charge is 2.27. The van der Waals surface area contributed by atoms with Gasteiger partial charge in [0.1, 0.15) is 0 Å². The van der Waals surface area contributed by atoms with E-state index >= 15 is 0 Å². The van der Waals surface area contributed by atoms with Crippen LogP contribution in [0.1, 0.15) is 62.6 Å². The summed E-state index contributed by atoms with van der Waals surface area (Å²) in [5, 5.41) is 0. The number of nitrogens with two attached hydrogens (primary N) is 1. The average molecular weight is 296 g/mol. The fourth-order valence-electron chi connectivity index (χ4n) is 3.51. The summed E-state index contributed by atoms with van der Waals surface area (Å²) < 4.78 is 25.8. The Morgan fingerprint density at radius 1 is 1.19 bits per heavy atom. The van der Waals surface area contributed by atoms with Crippen LogP contribution in [0, 0.1) is 0 Å². The molecule has 1 aliphatic rings. The van der Waals surface area contributed by atoms with Crippen LogP contribution in [0.2, 0.25) is 0 Å². The molecule has 0 radical (unpaired) electrons. The summed E-state index contributed by atoms with van der Waals surface area (Å²) in [6, 6.07) is 7.32. The second-order valence-corrected chi connectivity index (χ2v) is 5.84. The smallest absolute Gasteiger partial charge is 0.263 e. The van der Waals surface area contributed by atoms with E-state index in [1.54, 1.807) is 12.1 Å². The summed E-state index contributed by atoms with van der Waals surface area (Å²) >= 11 is 0. The minimum atomic E-state index is -2.42. The van der Waals surface area contributed by atoms with Crippen molar-refractivity contribution in [3.63, 3.8) is 0 Å². The van der Waals surface area contributed by atoms with Gasteiger partial charge in [-0.15, -0.1) is 0 Å². The van der Waals surface area contributed by atoms with Crippen LogP contribution in [0.5, 0.6) is 0 Å². The van der Waals surface area contributed by atoms with Gasteiger partial charge < -0.3 is 5.73 Å². The number of nitrogens with zero attached hydrogens (tertiary/aromatic N) is 1. The van der Waals surface area contributed by atoms with Gasteiger partial charge in [-0.05, 0) is 31.0 Å². The van der Waals surface area contributed by atoms with Crippen LogP contribution >= 0.6 is 0 Å². The average Bonchev–Trinajstić information content (AvgIpc) is 2.53. The topological polar surface area (TPSA) is 29.3 Å². The molecule has 0 amide bonds. The number of alkyl halides is 2. The number of halogens is 2. The summed E-state index contributed by atoms with van der Waals surface area (Å²) in [6.07, 6.45) is 3.79. The zero-order valence-electron chi connectivity index (χ0n) is 12.8. The van der Waals surface area contributed by atoms with Gasteiger partial charge in [0.05, 0.1) is 0 Å². The lowest BCUT2D eigenvalue weighted by molar-refractivity contribution is 0.113. The van der Waals surface area contributed by atoms with Gasteiger partial charge in [0.2, 0.25) is 0 Å². The highest BCUT2D eigenvalue weighted by molar-refractivity contribution is 5.27. The Morgan fingerprint density at radius 3 is 2.43 bits per heavy atom. The molecule has 118 valence electrons. The molecule has 0 spiro atoms. The molecular weight excluding hydrogens is 270 g/mol. The summed E-state index contributed by atoms with van der Waals surface area (Å²) in [5.41, 5.74) is 6.99. The molecule has 1 aromatic carbocycles. The largest absolute Gasteiger partial charge is 0.329 e. The molecule has 1 unspecified atom stereocenters. The van der Waals surface area contributed by atoms with Crippen molar-refractivity contribution in [3.8, 4) is 0 Å². The number of likely N-dealkylation sites (N-methyl/N-ethyl adjacent to an activating group) is 1. The van der Waals surface area contributed by atoms with Crippen molar-refractivity contribution in [1.82, 2.24) is 4.90 Å². The van der Waals surface area contributed by atoms with E-state index in [1.165, 1.54) is 38.2 Å². The van der Waals surface area contributed by atoms with Gasteiger partial charge in [0.25, 0.3) is 6.43 Å². The Morgan fingerprint density at radius 2 is 1.86 bits per heavy atom. The summed E-state index contributed by atoms with van der Waals surface area (Å²) in [5.74, 6) is 0. The normalized spacial score (nSPS) is 18.4. The van der Waals surface area contributed by atoms with Crippen molar-refractivity contribution in [1.29, 1.82) is 0 Å². The van der Waals surface area contributed by atoms with Crippen LogP contribution < -0.4 is 5.73 Å². The fraction of sp³-hybridized carbons (Fsp3) is 0.647. The lowest BCUT2D eigenvalue weighted by Crippen LogP contribution is -2.42. The van der Waals surface area contributed by atoms with Gasteiger partial charge in [-0.3, -0.25) is 4.90 Å². The Labute approximate surface area is 126 Å². The number of hydrogen-bond acceptors (Lipinski definition) is 2. The van der Waals surface area contributed by atoms with Crippen molar-refractivity contribution in [2.45, 2.75) is 57.5 Å². The molecule has 2 N–H and O–H groups in total. The molecule has 1 atom stereocenters. The number of rotatable bonds is 6. The first-order chi connectivity index (χ1) is 10.2. The Bertz CT molecular complexity index is 431. The highest BCUT2D eigenvalue weighted by atomic mass is 19.3. The molecule has 4 heteroatoms. The second kappa shape index (κ2) is 7.85. The minimum Gasteiger partial charge on any atom is -0.329 e. The van der Waals surface area contributed by atoms with Gasteiger partial charge in [-0.1, -0.05) is 44.4 Å². The predicted molar refractivity (Wildman–Crippen MR) is 82.4 cm³/mol. The molecule has 1 aliphatic carbocycles. The monoisotopic (exact) mass is 296 g/mol. The molecule has 0 aliphatic heterocycles. The van der Waals surface area contributed by atoms with E-state index in [2.05, 4.69) is 11.8 Å². The van der Waals surface area contributed by atoms with Gasteiger partial charge >= 0.3 is 0 Å². The molecule has 0 aromatic heterocycles. The Balaban J connectivity index is 2.21. The molecule has 21 heavy (non-hydrogen) atoms. The standard InChI is InChI=1S/C17H26F2N2/c1-2-21(15-9-4-3-5-10-15)16(12-20)13-7-6-8-14(11-13)17(18)19/h6-8,11,15-17H,2-5,9-10,12,20H2,1H3. The van der Waals surface area contributed by atoms with Crippen molar-refractivity contribution < 1.29 is 8.78 Å². The minimum absolute atomic E-state index is 0.0387. The lowest BCUT2D eigenvalue weighted by atomic mass is 9.91. The van der Waals surface area contributed by atoms with Crippen LogP contribution in [0.4, 0.5) is 8.78 Å². The van der Waals surface area contributed by atoms with Crippen molar-refractivity contribution in [2.24, 2.45) is 5.73 Å². The molecule has 1 aromatic rings. The van der Waals surface area contributed by atoms with E-state index in [0.29, 0.717) is 12.6 Å². The van der Waals surface area contributed by atoms with Crippen LogP contribution in [0.15, 0.2) is 24.3 Å². The van der Waals surface area contributed by atoms with E-state index < -0.39 is 6.43 Å². The SMILES string of the molecule is CCN(C1CCCCC1)C(CN)c1cccc(C(F)F)c1. The molecule has 2 rings (SSSR count). The van der Waals surface area contributed by atoms with Crippen LogP contribution in [-0.4, -0.2) is 24.0 Å². The molecule has 0 saturated heterocycles. The van der Waals surface area contributed by atoms with Gasteiger partial charge in [0, 0.05) is 24.2 Å². The summed E-state index contributed by atoms with van der Waals surface area (Å²) in [4.78, 5) is 2.41. The maximum atomic E-state index is 12.9. The summed E-state index contributed by atoms with van der Waals surface area (Å²) in [6.45, 7) is 3.51. The third-order valence-corrected chi connectivity index (χ3v) is 4.58. The fourth-order valence-corrected chi connectivity index (χ4v) is 3.51. The molecular formula is C17H26F2N2. The zero-order valence-corrected chi connectivity index (χ0v) is 12.8. The Kier molecular flexibility index (Phi) is 6.12. The van der Waals surface area contributed by atoms with Crippen molar-refractivity contribution >= 4 is 0 Å². The van der Waals surface area contributed by atoms with E-state index in [9.17, 15) is 8.78 Å². The van der Waals surface area contributed by atoms with Crippen molar-refractivity contribution in [3.05, 3.63) is 35.4 Å². The molecule has 2 nitrogen and oxygen atoms in total. The van der Waals surface area contributed by atoms with Gasteiger partial charge in [-0.25, -0.2) is 8.78 Å². The van der Waals surface area contributed by atoms with Crippen LogP contribution in [-0.2, 0) is 0 Å². The first-order valence-corrected chi connectivity index (χ1v) is 8.01. The second-order valence-electron chi connectivity index (χ2n) is 5.84. The van der Waals surface area contributed by atoms with Crippen LogP contribution in [0.25, 0.3) is 0 Å². The number of hydrogen-bond donors (Lipinski definition) is 1. The van der Waals surface area contributed by atoms with E-state index in [-0.39, 0.29) is 11.6 Å². The van der Waals surface area contributed by atoms with E-state index in [0.717, 1.165) is 12.1 Å². The third kappa shape index (κ3) is 4.01. The zero-order chi connectivity index (χ0) is 15.2. The Hall–Kier alpha value is -1.00. The molecule has 1 saturated carbocycles. The highest BCUT2D eigenvalue weighted by Crippen LogP contribution is 2.31. The predicted octanol–water partition coefficient (Wildman–Crippen LogP) is 4.28.